The van der Waals surface area contributed by atoms with E-state index in [1.54, 1.807) is 0 Å². The third-order valence-electron chi connectivity index (χ3n) is 3.86. The molecule has 0 radical (unpaired) electrons. The van der Waals surface area contributed by atoms with E-state index in [1.165, 1.54) is 11.1 Å². The van der Waals surface area contributed by atoms with Gasteiger partial charge in [0.05, 0.1) is 18.6 Å². The molecule has 2 nitrogen and oxygen atoms in total. The normalized spacial score (nSPS) is 12.0. The molecular weight excluding hydrogens is 270 g/mol. The molecule has 2 aromatic rings. The van der Waals surface area contributed by atoms with E-state index in [9.17, 15) is 5.26 Å². The molecule has 0 aliphatic heterocycles. The second-order valence-electron chi connectivity index (χ2n) is 5.95. The van der Waals surface area contributed by atoms with Crippen molar-refractivity contribution in [1.29, 1.82) is 5.26 Å². The van der Waals surface area contributed by atoms with Gasteiger partial charge in [-0.2, -0.15) is 5.26 Å². The molecule has 0 amide bonds. The fraction of sp³-hybridized carbons (Fsp3) is 0.350. The fourth-order valence-electron chi connectivity index (χ4n) is 2.35. The van der Waals surface area contributed by atoms with E-state index in [-0.39, 0.29) is 5.92 Å². The van der Waals surface area contributed by atoms with Crippen LogP contribution < -0.4 is 4.74 Å². The third-order valence-corrected chi connectivity index (χ3v) is 3.86. The first-order chi connectivity index (χ1) is 10.6. The lowest BCUT2D eigenvalue weighted by molar-refractivity contribution is 0.306. The maximum Gasteiger partial charge on any atom is 0.119 e. The Bertz CT molecular complexity index is 620. The summed E-state index contributed by atoms with van der Waals surface area (Å²) in [5.74, 6) is 1.28. The van der Waals surface area contributed by atoms with Crippen molar-refractivity contribution in [3.63, 3.8) is 0 Å². The number of hydrogen-bond donors (Lipinski definition) is 0. The predicted octanol–water partition coefficient (Wildman–Crippen LogP) is 5.19. The second-order valence-corrected chi connectivity index (χ2v) is 5.95. The lowest BCUT2D eigenvalue weighted by Crippen LogP contribution is -2.04. The molecule has 1 atom stereocenters. The topological polar surface area (TPSA) is 33.0 Å². The molecule has 0 spiro atoms. The molecule has 22 heavy (non-hydrogen) atoms. The molecule has 0 heterocycles. The van der Waals surface area contributed by atoms with E-state index in [0.717, 1.165) is 11.3 Å². The zero-order valence-electron chi connectivity index (χ0n) is 13.5. The van der Waals surface area contributed by atoms with Crippen molar-refractivity contribution in [1.82, 2.24) is 0 Å². The van der Waals surface area contributed by atoms with Crippen molar-refractivity contribution in [2.75, 3.05) is 6.61 Å². The van der Waals surface area contributed by atoms with Crippen LogP contribution in [0.5, 0.6) is 5.75 Å². The van der Waals surface area contributed by atoms with Crippen LogP contribution in [-0.4, -0.2) is 6.61 Å². The Morgan fingerprint density at radius 1 is 0.955 bits per heavy atom. The van der Waals surface area contributed by atoms with Crippen molar-refractivity contribution < 1.29 is 4.74 Å². The van der Waals surface area contributed by atoms with E-state index in [2.05, 4.69) is 39.0 Å². The van der Waals surface area contributed by atoms with Gasteiger partial charge in [-0.3, -0.25) is 0 Å². The smallest absolute Gasteiger partial charge is 0.119 e. The van der Waals surface area contributed by atoms with Crippen molar-refractivity contribution in [3.8, 4) is 11.8 Å². The van der Waals surface area contributed by atoms with Crippen molar-refractivity contribution in [2.45, 2.75) is 39.0 Å². The number of rotatable bonds is 6. The molecular formula is C20H23NO. The number of aryl methyl sites for hydroxylation is 1. The van der Waals surface area contributed by atoms with Crippen LogP contribution in [0.15, 0.2) is 48.5 Å². The van der Waals surface area contributed by atoms with Gasteiger partial charge < -0.3 is 4.74 Å². The van der Waals surface area contributed by atoms with Gasteiger partial charge in [-0.25, -0.2) is 0 Å². The summed E-state index contributed by atoms with van der Waals surface area (Å²) >= 11 is 0. The molecule has 2 aromatic carbocycles. The maximum absolute atomic E-state index is 9.34. The minimum absolute atomic E-state index is 0.115. The number of benzene rings is 2. The summed E-state index contributed by atoms with van der Waals surface area (Å²) in [5.41, 5.74) is 3.58. The lowest BCUT2D eigenvalue weighted by Gasteiger charge is -2.12. The molecule has 0 aromatic heterocycles. The molecule has 0 fully saturated rings. The first kappa shape index (κ1) is 16.1. The van der Waals surface area contributed by atoms with Crippen LogP contribution in [0.3, 0.4) is 0 Å². The molecule has 0 bridgehead atoms. The molecule has 2 rings (SSSR count). The highest BCUT2D eigenvalue weighted by Gasteiger charge is 2.10. The standard InChI is InChI=1S/C20H23NO/c1-15(2)17-8-10-20(11-9-17)22-13-12-19(14-21)18-6-4-16(3)5-7-18/h4-11,15,19H,12-13H2,1-3H3. The first-order valence-electron chi connectivity index (χ1n) is 7.79. The average molecular weight is 293 g/mol. The van der Waals surface area contributed by atoms with Gasteiger partial charge in [-0.1, -0.05) is 55.8 Å². The van der Waals surface area contributed by atoms with Crippen molar-refractivity contribution in [3.05, 3.63) is 65.2 Å². The second kappa shape index (κ2) is 7.66. The van der Waals surface area contributed by atoms with Gasteiger partial charge in [-0.15, -0.1) is 0 Å². The quantitative estimate of drug-likeness (QED) is 0.733. The van der Waals surface area contributed by atoms with Crippen LogP contribution in [0.1, 0.15) is 48.8 Å². The molecule has 0 aliphatic rings. The minimum atomic E-state index is -0.115. The highest BCUT2D eigenvalue weighted by Crippen LogP contribution is 2.22. The Labute approximate surface area is 133 Å². The molecule has 0 saturated heterocycles. The molecule has 1 unspecified atom stereocenters. The Hall–Kier alpha value is -2.27. The Balaban J connectivity index is 1.89. The van der Waals surface area contributed by atoms with E-state index in [4.69, 9.17) is 4.74 Å². The summed E-state index contributed by atoms with van der Waals surface area (Å²) in [7, 11) is 0. The molecule has 0 N–H and O–H groups in total. The SMILES string of the molecule is Cc1ccc(C(C#N)CCOc2ccc(C(C)C)cc2)cc1. The predicted molar refractivity (Wildman–Crippen MR) is 90.2 cm³/mol. The van der Waals surface area contributed by atoms with Crippen molar-refractivity contribution in [2.24, 2.45) is 0 Å². The fourth-order valence-corrected chi connectivity index (χ4v) is 2.35. The Morgan fingerprint density at radius 3 is 2.09 bits per heavy atom. The van der Waals surface area contributed by atoms with Gasteiger partial charge in [0.1, 0.15) is 5.75 Å². The van der Waals surface area contributed by atoms with Crippen molar-refractivity contribution >= 4 is 0 Å². The number of nitriles is 1. The van der Waals surface area contributed by atoms with Crippen LogP contribution in [0.2, 0.25) is 0 Å². The van der Waals surface area contributed by atoms with Gasteiger partial charge in [-0.05, 0) is 36.1 Å². The largest absolute Gasteiger partial charge is 0.494 e. The van der Waals surface area contributed by atoms with Crippen LogP contribution in [0.25, 0.3) is 0 Å². The first-order valence-corrected chi connectivity index (χ1v) is 7.79. The molecule has 2 heteroatoms. The summed E-state index contributed by atoms with van der Waals surface area (Å²) < 4.78 is 5.77. The number of nitrogens with zero attached hydrogens (tertiary/aromatic N) is 1. The zero-order valence-corrected chi connectivity index (χ0v) is 13.5. The van der Waals surface area contributed by atoms with E-state index < -0.39 is 0 Å². The van der Waals surface area contributed by atoms with Gasteiger partial charge >= 0.3 is 0 Å². The van der Waals surface area contributed by atoms with Gasteiger partial charge in [0.15, 0.2) is 0 Å². The van der Waals surface area contributed by atoms with Crippen LogP contribution in [0.4, 0.5) is 0 Å². The third kappa shape index (κ3) is 4.36. The van der Waals surface area contributed by atoms with Crippen LogP contribution in [0, 0.1) is 18.3 Å². The molecule has 114 valence electrons. The summed E-state index contributed by atoms with van der Waals surface area (Å²) in [5, 5.41) is 9.34. The zero-order chi connectivity index (χ0) is 15.9. The van der Waals surface area contributed by atoms with Gasteiger partial charge in [0.25, 0.3) is 0 Å². The number of hydrogen-bond acceptors (Lipinski definition) is 2. The van der Waals surface area contributed by atoms with Gasteiger partial charge in [0.2, 0.25) is 0 Å². The van der Waals surface area contributed by atoms with E-state index >= 15 is 0 Å². The minimum Gasteiger partial charge on any atom is -0.494 e. The summed E-state index contributed by atoms with van der Waals surface area (Å²) in [6, 6.07) is 18.7. The number of ether oxygens (including phenoxy) is 1. The molecule has 0 saturated carbocycles. The highest BCUT2D eigenvalue weighted by molar-refractivity contribution is 5.30. The van der Waals surface area contributed by atoms with Crippen LogP contribution >= 0.6 is 0 Å². The highest BCUT2D eigenvalue weighted by atomic mass is 16.5. The summed E-state index contributed by atoms with van der Waals surface area (Å²) in [4.78, 5) is 0. The Kier molecular flexibility index (Phi) is 5.61. The van der Waals surface area contributed by atoms with Crippen LogP contribution in [-0.2, 0) is 0 Å². The summed E-state index contributed by atoms with van der Waals surface area (Å²) in [6.07, 6.45) is 0.700. The average Bonchev–Trinajstić information content (AvgIpc) is 2.53. The van der Waals surface area contributed by atoms with E-state index in [1.807, 2.05) is 36.4 Å². The molecule has 0 aliphatic carbocycles. The monoisotopic (exact) mass is 293 g/mol. The maximum atomic E-state index is 9.34. The van der Waals surface area contributed by atoms with E-state index in [0.29, 0.717) is 18.9 Å². The Morgan fingerprint density at radius 2 is 1.55 bits per heavy atom. The van der Waals surface area contributed by atoms with Gasteiger partial charge in [0, 0.05) is 6.42 Å². The summed E-state index contributed by atoms with van der Waals surface area (Å²) in [6.45, 7) is 6.95. The lowest BCUT2D eigenvalue weighted by atomic mass is 9.97.